The lowest BCUT2D eigenvalue weighted by molar-refractivity contribution is -0.133. The van der Waals surface area contributed by atoms with Crippen LogP contribution in [-0.2, 0) is 22.4 Å². The van der Waals surface area contributed by atoms with Crippen LogP contribution in [0, 0.1) is 22.7 Å². The Bertz CT molecular complexity index is 2540. The van der Waals surface area contributed by atoms with Gasteiger partial charge in [-0.3, -0.25) is 0 Å². The van der Waals surface area contributed by atoms with Crippen LogP contribution in [0.1, 0.15) is 151 Å². The number of para-hydroxylation sites is 1. The summed E-state index contributed by atoms with van der Waals surface area (Å²) in [5, 5.41) is 39.1. The summed E-state index contributed by atoms with van der Waals surface area (Å²) >= 11 is 4.70. The molecule has 5 aromatic rings. The fraction of sp³-hybridized carbons (Fsp3) is 0.414. The first kappa shape index (κ1) is 53.6. The maximum atomic E-state index is 12.0. The summed E-state index contributed by atoms with van der Waals surface area (Å²) in [4.78, 5) is 31.9. The molecule has 1 aliphatic heterocycles. The Morgan fingerprint density at radius 3 is 1.37 bits per heavy atom. The number of hydrogen-bond acceptors (Lipinski definition) is 10. The number of hydrogen-bond donors (Lipinski definition) is 2. The topological polar surface area (TPSA) is 144 Å². The van der Waals surface area contributed by atoms with Gasteiger partial charge in [-0.15, -0.1) is 22.7 Å². The molecular weight excluding hydrogens is 931 g/mol. The molecule has 0 aliphatic carbocycles. The molecule has 368 valence electrons. The lowest BCUT2D eigenvalue weighted by Crippen LogP contribution is -2.18. The number of carboxylic acid groups (broad SMARTS) is 2. The van der Waals surface area contributed by atoms with Crippen LogP contribution in [-0.4, -0.2) is 35.4 Å². The minimum absolute atomic E-state index is 0.285. The number of ether oxygens (including phenoxy) is 2. The minimum atomic E-state index is -1.24. The molecule has 0 saturated carbocycles. The molecule has 0 unspecified atom stereocenters. The number of rotatable bonds is 29. The molecule has 0 amide bonds. The maximum absolute atomic E-state index is 12.0. The second-order valence-electron chi connectivity index (χ2n) is 17.8. The van der Waals surface area contributed by atoms with E-state index in [0.717, 1.165) is 196 Å². The number of carbonyl (C=O) groups is 2. The van der Waals surface area contributed by atoms with Crippen LogP contribution in [0.3, 0.4) is 0 Å². The third-order valence-corrected chi connectivity index (χ3v) is 15.9. The van der Waals surface area contributed by atoms with Crippen LogP contribution in [0.5, 0.6) is 11.5 Å². The van der Waals surface area contributed by atoms with E-state index in [0.29, 0.717) is 13.2 Å². The van der Waals surface area contributed by atoms with Crippen molar-refractivity contribution in [1.82, 2.24) is 0 Å². The Morgan fingerprint density at radius 2 is 0.986 bits per heavy atom. The van der Waals surface area contributed by atoms with Crippen molar-refractivity contribution in [1.29, 1.82) is 10.5 Å². The third-order valence-electron chi connectivity index (χ3n) is 12.4. The quantitative estimate of drug-likeness (QED) is 0.0265. The molecule has 0 bridgehead atoms. The Hall–Kier alpha value is -5.79. The van der Waals surface area contributed by atoms with Gasteiger partial charge in [-0.25, -0.2) is 9.59 Å². The minimum Gasteiger partial charge on any atom is -0.491 e. The zero-order valence-corrected chi connectivity index (χ0v) is 43.7. The van der Waals surface area contributed by atoms with Crippen molar-refractivity contribution in [2.75, 3.05) is 18.1 Å². The molecule has 0 saturated heterocycles. The van der Waals surface area contributed by atoms with Crippen LogP contribution < -0.4 is 14.4 Å². The predicted molar refractivity (Wildman–Crippen MR) is 289 cm³/mol. The van der Waals surface area contributed by atoms with Gasteiger partial charge < -0.3 is 24.6 Å². The average Bonchev–Trinajstić information content (AvgIpc) is 3.97. The molecule has 2 N–H and O–H groups in total. The second-order valence-corrected chi connectivity index (χ2v) is 21.0. The highest BCUT2D eigenvalue weighted by molar-refractivity contribution is 7.99. The highest BCUT2D eigenvalue weighted by Gasteiger charge is 2.31. The standard InChI is InChI=1S/C58H67N3O6S3/c1-5-9-13-17-22-40-32-50(68-52(40)36-44(38-59)57(62)63)42-26-28-46-54(34-42)70-55-35-43(51-33-41(23-18-14-10-6-2)53(69-51)37-45(39-60)58(64)65)27-29-47(55)61(46)56-48(66-30-19-15-11-7-3)24-21-25-49(56)67-31-20-16-12-8-4/h21,24-29,32-37H,5-20,22-23,30-31H2,1-4H3,(H,62,63)(H,64,65)/b44-36-,45-37+. The summed E-state index contributed by atoms with van der Waals surface area (Å²) in [6.45, 7) is 9.92. The van der Waals surface area contributed by atoms with Crippen LogP contribution in [0.15, 0.2) is 87.7 Å². The summed E-state index contributed by atoms with van der Waals surface area (Å²) < 4.78 is 13.4. The van der Waals surface area contributed by atoms with Crippen molar-refractivity contribution in [2.45, 2.75) is 153 Å². The van der Waals surface area contributed by atoms with Crippen molar-refractivity contribution < 1.29 is 29.3 Å². The number of thiophene rings is 2. The number of nitrogens with zero attached hydrogens (tertiary/aromatic N) is 3. The normalized spacial score (nSPS) is 12.3. The molecule has 70 heavy (non-hydrogen) atoms. The number of unbranched alkanes of at least 4 members (excludes halogenated alkanes) is 12. The Labute approximate surface area is 427 Å². The van der Waals surface area contributed by atoms with E-state index < -0.39 is 11.9 Å². The molecule has 1 aliphatic rings. The van der Waals surface area contributed by atoms with E-state index in [1.807, 2.05) is 30.3 Å². The molecular formula is C58H67N3O6S3. The van der Waals surface area contributed by atoms with E-state index in [1.165, 1.54) is 34.8 Å². The first-order valence-corrected chi connectivity index (χ1v) is 27.7. The zero-order valence-electron chi connectivity index (χ0n) is 41.2. The third kappa shape index (κ3) is 14.2. The lowest BCUT2D eigenvalue weighted by atomic mass is 10.0. The lowest BCUT2D eigenvalue weighted by Gasteiger charge is -2.35. The van der Waals surface area contributed by atoms with Crippen molar-refractivity contribution in [3.63, 3.8) is 0 Å². The van der Waals surface area contributed by atoms with Crippen LogP contribution in [0.25, 0.3) is 33.0 Å². The summed E-state index contributed by atoms with van der Waals surface area (Å²) in [5.41, 5.74) is 6.26. The van der Waals surface area contributed by atoms with Gasteiger partial charge in [0.25, 0.3) is 0 Å². The van der Waals surface area contributed by atoms with Crippen molar-refractivity contribution in [3.05, 3.63) is 98.8 Å². The Balaban J connectivity index is 1.51. The molecule has 3 aromatic carbocycles. The number of carboxylic acids is 2. The van der Waals surface area contributed by atoms with Crippen LogP contribution in [0.2, 0.25) is 0 Å². The van der Waals surface area contributed by atoms with Gasteiger partial charge in [-0.2, -0.15) is 10.5 Å². The smallest absolute Gasteiger partial charge is 0.346 e. The molecule has 0 fully saturated rings. The van der Waals surface area contributed by atoms with Gasteiger partial charge in [-0.1, -0.05) is 135 Å². The summed E-state index contributed by atoms with van der Waals surface area (Å²) in [5.74, 6) is -0.999. The number of nitriles is 2. The fourth-order valence-corrected chi connectivity index (χ4v) is 12.0. The molecule has 0 atom stereocenters. The fourth-order valence-electron chi connectivity index (χ4n) is 8.57. The maximum Gasteiger partial charge on any atom is 0.346 e. The molecule has 9 nitrogen and oxygen atoms in total. The first-order valence-electron chi connectivity index (χ1n) is 25.2. The Morgan fingerprint density at radius 1 is 0.571 bits per heavy atom. The molecule has 12 heteroatoms. The number of aryl methyl sites for hydroxylation is 2. The van der Waals surface area contributed by atoms with Crippen molar-refractivity contribution in [2.24, 2.45) is 0 Å². The van der Waals surface area contributed by atoms with Crippen LogP contribution in [0.4, 0.5) is 17.1 Å². The number of anilines is 3. The highest BCUT2D eigenvalue weighted by Crippen LogP contribution is 2.57. The SMILES string of the molecule is CCCCCCOc1cccc(OCCCCCC)c1N1c2ccc(-c3cc(CCCCCC)c(/C=C(/C#N)C(=O)O)s3)cc2Sc2cc(-c3cc(CCCCCC)c(/C=C(\C#N)C(=O)O)s3)ccc21. The second kappa shape index (κ2) is 27.6. The number of aliphatic carboxylic acids is 2. The predicted octanol–water partition coefficient (Wildman–Crippen LogP) is 17.2. The monoisotopic (exact) mass is 997 g/mol. The van der Waals surface area contributed by atoms with Crippen molar-refractivity contribution >= 4 is 75.6 Å². The van der Waals surface area contributed by atoms with Crippen molar-refractivity contribution in [3.8, 4) is 44.5 Å². The first-order chi connectivity index (χ1) is 34.1. The zero-order chi connectivity index (χ0) is 49.8. The van der Waals surface area contributed by atoms with Gasteiger partial charge in [0, 0.05) is 29.3 Å². The Kier molecular flexibility index (Phi) is 21.1. The molecule has 6 rings (SSSR count). The highest BCUT2D eigenvalue weighted by atomic mass is 32.2. The summed E-state index contributed by atoms with van der Waals surface area (Å²) in [6.07, 6.45) is 21.8. The van der Waals surface area contributed by atoms with Gasteiger partial charge in [0.15, 0.2) is 0 Å². The van der Waals surface area contributed by atoms with Crippen LogP contribution >= 0.6 is 34.4 Å². The van der Waals surface area contributed by atoms with E-state index in [-0.39, 0.29) is 11.1 Å². The van der Waals surface area contributed by atoms with Gasteiger partial charge in [0.05, 0.1) is 24.6 Å². The van der Waals surface area contributed by atoms with E-state index in [2.05, 4.69) is 81.1 Å². The molecule has 2 aromatic heterocycles. The molecule has 3 heterocycles. The van der Waals surface area contributed by atoms with E-state index in [4.69, 9.17) is 9.47 Å². The van der Waals surface area contributed by atoms with Gasteiger partial charge in [0.2, 0.25) is 0 Å². The molecule has 0 spiro atoms. The summed E-state index contributed by atoms with van der Waals surface area (Å²) in [6, 6.07) is 27.1. The van der Waals surface area contributed by atoms with E-state index in [1.54, 1.807) is 11.8 Å². The summed E-state index contributed by atoms with van der Waals surface area (Å²) in [7, 11) is 0. The number of benzene rings is 3. The van der Waals surface area contributed by atoms with Gasteiger partial charge >= 0.3 is 11.9 Å². The van der Waals surface area contributed by atoms with E-state index >= 15 is 0 Å². The largest absolute Gasteiger partial charge is 0.491 e. The van der Waals surface area contributed by atoms with Gasteiger partial charge in [-0.05, 0) is 121 Å². The average molecular weight is 998 g/mol. The van der Waals surface area contributed by atoms with E-state index in [9.17, 15) is 30.3 Å². The van der Waals surface area contributed by atoms with Gasteiger partial charge in [0.1, 0.15) is 40.5 Å². The number of fused-ring (bicyclic) bond motifs is 2. The molecule has 0 radical (unpaired) electrons.